The van der Waals surface area contributed by atoms with Gasteiger partial charge in [-0.25, -0.2) is 8.42 Å². The van der Waals surface area contributed by atoms with Gasteiger partial charge < -0.3 is 0 Å². The molecule has 1 aromatic rings. The summed E-state index contributed by atoms with van der Waals surface area (Å²) >= 11 is 0. The van der Waals surface area contributed by atoms with Gasteiger partial charge in [0.25, 0.3) is 0 Å². The van der Waals surface area contributed by atoms with Gasteiger partial charge in [-0.3, -0.25) is 0 Å². The molecule has 0 amide bonds. The minimum Gasteiger partial charge on any atom is -0.207 e. The van der Waals surface area contributed by atoms with E-state index in [4.69, 9.17) is 0 Å². The maximum absolute atomic E-state index is 13.0. The average molecular weight is 351 g/mol. The molecule has 0 spiro atoms. The van der Waals surface area contributed by atoms with E-state index in [9.17, 15) is 13.7 Å². The van der Waals surface area contributed by atoms with Crippen LogP contribution < -0.4 is 0 Å². The molecular formula is C19H30N2O2S. The Balaban J connectivity index is 2.91. The largest absolute Gasteiger partial charge is 0.244 e. The molecule has 0 fully saturated rings. The van der Waals surface area contributed by atoms with E-state index in [1.165, 1.54) is 0 Å². The van der Waals surface area contributed by atoms with Crippen LogP contribution in [0.3, 0.4) is 0 Å². The van der Waals surface area contributed by atoms with Crippen molar-refractivity contribution in [2.24, 2.45) is 0 Å². The van der Waals surface area contributed by atoms with Crippen LogP contribution in [-0.2, 0) is 10.0 Å². The summed E-state index contributed by atoms with van der Waals surface area (Å²) in [6.45, 7) is 5.35. The van der Waals surface area contributed by atoms with Gasteiger partial charge in [-0.2, -0.15) is 9.57 Å². The number of hydrogen-bond acceptors (Lipinski definition) is 3. The lowest BCUT2D eigenvalue weighted by Gasteiger charge is -2.22. The molecule has 0 heterocycles. The molecule has 134 valence electrons. The predicted molar refractivity (Wildman–Crippen MR) is 98.2 cm³/mol. The quantitative estimate of drug-likeness (QED) is 0.513. The fourth-order valence-electron chi connectivity index (χ4n) is 2.71. The minimum atomic E-state index is -3.61. The summed E-state index contributed by atoms with van der Waals surface area (Å²) in [6.07, 6.45) is 8.32. The van der Waals surface area contributed by atoms with Crippen LogP contribution in [-0.4, -0.2) is 25.8 Å². The number of sulfonamides is 1. The van der Waals surface area contributed by atoms with Crippen molar-refractivity contribution >= 4 is 10.0 Å². The van der Waals surface area contributed by atoms with Crippen LogP contribution in [0.5, 0.6) is 0 Å². The van der Waals surface area contributed by atoms with Gasteiger partial charge in [-0.15, -0.1) is 0 Å². The number of hydrogen-bond donors (Lipinski definition) is 0. The Morgan fingerprint density at radius 1 is 0.917 bits per heavy atom. The van der Waals surface area contributed by atoms with Crippen LogP contribution in [0, 0.1) is 11.3 Å². The van der Waals surface area contributed by atoms with Crippen LogP contribution in [0.25, 0.3) is 0 Å². The molecule has 1 rings (SSSR count). The topological polar surface area (TPSA) is 61.2 Å². The van der Waals surface area contributed by atoms with E-state index < -0.39 is 10.0 Å². The Bertz CT molecular complexity index is 608. The van der Waals surface area contributed by atoms with E-state index in [1.54, 1.807) is 28.6 Å². The highest BCUT2D eigenvalue weighted by molar-refractivity contribution is 7.89. The highest BCUT2D eigenvalue weighted by Crippen LogP contribution is 2.21. The first kappa shape index (κ1) is 20.7. The molecule has 0 aliphatic rings. The van der Waals surface area contributed by atoms with Gasteiger partial charge in [0.1, 0.15) is 6.07 Å². The second-order valence-electron chi connectivity index (χ2n) is 6.13. The molecule has 0 unspecified atom stereocenters. The molecule has 0 saturated carbocycles. The number of nitriles is 1. The zero-order valence-electron chi connectivity index (χ0n) is 15.0. The molecule has 0 N–H and O–H groups in total. The zero-order valence-corrected chi connectivity index (χ0v) is 15.8. The Morgan fingerprint density at radius 3 is 1.96 bits per heavy atom. The van der Waals surface area contributed by atoms with E-state index in [0.29, 0.717) is 13.1 Å². The Kier molecular flexibility index (Phi) is 9.66. The monoisotopic (exact) mass is 350 g/mol. The molecule has 0 saturated heterocycles. The van der Waals surface area contributed by atoms with E-state index in [0.717, 1.165) is 51.4 Å². The SMILES string of the molecule is CCCCCCN(CCCCCC)S(=O)(=O)c1ccccc1C#N. The van der Waals surface area contributed by atoms with Gasteiger partial charge in [0.2, 0.25) is 10.0 Å². The van der Waals surface area contributed by atoms with Gasteiger partial charge in [-0.1, -0.05) is 64.5 Å². The third-order valence-corrected chi connectivity index (χ3v) is 6.10. The highest BCUT2D eigenvalue weighted by atomic mass is 32.2. The summed E-state index contributed by atoms with van der Waals surface area (Å²) in [7, 11) is -3.61. The molecule has 0 aliphatic heterocycles. The number of rotatable bonds is 12. The van der Waals surface area contributed by atoms with Crippen molar-refractivity contribution in [3.8, 4) is 6.07 Å². The van der Waals surface area contributed by atoms with Crippen LogP contribution in [0.1, 0.15) is 70.8 Å². The molecule has 0 aromatic heterocycles. The van der Waals surface area contributed by atoms with Crippen molar-refractivity contribution < 1.29 is 8.42 Å². The van der Waals surface area contributed by atoms with Crippen LogP contribution in [0.15, 0.2) is 29.2 Å². The van der Waals surface area contributed by atoms with Crippen molar-refractivity contribution in [2.45, 2.75) is 70.1 Å². The van der Waals surface area contributed by atoms with Crippen molar-refractivity contribution in [2.75, 3.05) is 13.1 Å². The predicted octanol–water partition coefficient (Wildman–Crippen LogP) is 4.71. The Labute approximate surface area is 147 Å². The van der Waals surface area contributed by atoms with Gasteiger partial charge in [-0.05, 0) is 25.0 Å². The van der Waals surface area contributed by atoms with Crippen LogP contribution in [0.2, 0.25) is 0 Å². The van der Waals surface area contributed by atoms with Crippen LogP contribution in [0.4, 0.5) is 0 Å². The maximum Gasteiger partial charge on any atom is 0.244 e. The third-order valence-electron chi connectivity index (χ3n) is 4.15. The van der Waals surface area contributed by atoms with E-state index in [2.05, 4.69) is 13.8 Å². The van der Waals surface area contributed by atoms with Crippen molar-refractivity contribution in [1.82, 2.24) is 4.31 Å². The third kappa shape index (κ3) is 6.26. The molecule has 4 nitrogen and oxygen atoms in total. The van der Waals surface area contributed by atoms with E-state index >= 15 is 0 Å². The maximum atomic E-state index is 13.0. The lowest BCUT2D eigenvalue weighted by atomic mass is 10.2. The van der Waals surface area contributed by atoms with Gasteiger partial charge in [0, 0.05) is 13.1 Å². The molecule has 5 heteroatoms. The first-order valence-corrected chi connectivity index (χ1v) is 10.5. The fraction of sp³-hybridized carbons (Fsp3) is 0.632. The number of unbranched alkanes of at least 4 members (excludes halogenated alkanes) is 6. The number of benzene rings is 1. The first-order chi connectivity index (χ1) is 11.6. The van der Waals surface area contributed by atoms with Crippen molar-refractivity contribution in [3.05, 3.63) is 29.8 Å². The Hall–Kier alpha value is -1.38. The van der Waals surface area contributed by atoms with E-state index in [-0.39, 0.29) is 10.5 Å². The number of nitrogens with zero attached hydrogens (tertiary/aromatic N) is 2. The lowest BCUT2D eigenvalue weighted by molar-refractivity contribution is 0.385. The van der Waals surface area contributed by atoms with Crippen LogP contribution >= 0.6 is 0 Å². The molecule has 0 bridgehead atoms. The minimum absolute atomic E-state index is 0.137. The summed E-state index contributed by atoms with van der Waals surface area (Å²) < 4.78 is 27.6. The summed E-state index contributed by atoms with van der Waals surface area (Å²) in [4.78, 5) is 0.137. The molecule has 1 aromatic carbocycles. The second-order valence-corrected chi connectivity index (χ2v) is 8.04. The smallest absolute Gasteiger partial charge is 0.207 e. The summed E-state index contributed by atoms with van der Waals surface area (Å²) in [5.74, 6) is 0. The normalized spacial score (nSPS) is 11.6. The summed E-state index contributed by atoms with van der Waals surface area (Å²) in [6, 6.07) is 8.49. The molecule has 0 aliphatic carbocycles. The lowest BCUT2D eigenvalue weighted by Crippen LogP contribution is -2.33. The van der Waals surface area contributed by atoms with E-state index in [1.807, 2.05) is 6.07 Å². The van der Waals surface area contributed by atoms with Gasteiger partial charge in [0.05, 0.1) is 10.5 Å². The highest BCUT2D eigenvalue weighted by Gasteiger charge is 2.26. The first-order valence-electron chi connectivity index (χ1n) is 9.07. The standard InChI is InChI=1S/C19H30N2O2S/c1-3-5-7-11-15-21(16-12-8-6-4-2)24(22,23)19-14-10-9-13-18(19)17-20/h9-10,13-14H,3-8,11-12,15-16H2,1-2H3. The van der Waals surface area contributed by atoms with Gasteiger partial charge in [0.15, 0.2) is 0 Å². The zero-order chi connectivity index (χ0) is 17.8. The van der Waals surface area contributed by atoms with Crippen molar-refractivity contribution in [3.63, 3.8) is 0 Å². The molecular weight excluding hydrogens is 320 g/mol. The summed E-state index contributed by atoms with van der Waals surface area (Å²) in [5.41, 5.74) is 0.226. The second kappa shape index (κ2) is 11.2. The fourth-order valence-corrected chi connectivity index (χ4v) is 4.36. The molecule has 24 heavy (non-hydrogen) atoms. The Morgan fingerprint density at radius 2 is 1.46 bits per heavy atom. The van der Waals surface area contributed by atoms with Crippen molar-refractivity contribution in [1.29, 1.82) is 5.26 Å². The van der Waals surface area contributed by atoms with Gasteiger partial charge >= 0.3 is 0 Å². The molecule has 0 atom stereocenters. The summed E-state index contributed by atoms with van der Waals surface area (Å²) in [5, 5.41) is 9.22. The average Bonchev–Trinajstić information content (AvgIpc) is 2.60. The molecule has 0 radical (unpaired) electrons.